The summed E-state index contributed by atoms with van der Waals surface area (Å²) in [5.41, 5.74) is 3.58. The van der Waals surface area contributed by atoms with E-state index in [1.54, 1.807) is 0 Å². The van der Waals surface area contributed by atoms with Crippen LogP contribution in [0.25, 0.3) is 0 Å². The molecule has 0 amide bonds. The summed E-state index contributed by atoms with van der Waals surface area (Å²) in [6.07, 6.45) is 0.955. The molecule has 0 saturated heterocycles. The number of benzene rings is 2. The van der Waals surface area contributed by atoms with E-state index in [1.807, 2.05) is 24.3 Å². The number of hydrogen-bond acceptors (Lipinski definition) is 1. The van der Waals surface area contributed by atoms with Crippen molar-refractivity contribution >= 4 is 28.9 Å². The smallest absolute Gasteiger partial charge is 0.0570 e. The van der Waals surface area contributed by atoms with Crippen molar-refractivity contribution in [3.8, 4) is 0 Å². The van der Waals surface area contributed by atoms with Crippen LogP contribution in [0.1, 0.15) is 17.2 Å². The van der Waals surface area contributed by atoms with Crippen LogP contribution in [0.15, 0.2) is 42.5 Å². The predicted octanol–water partition coefficient (Wildman–Crippen LogP) is 4.70. The van der Waals surface area contributed by atoms with Gasteiger partial charge in [-0.3, -0.25) is 0 Å². The van der Waals surface area contributed by atoms with Crippen LogP contribution in [-0.2, 0) is 6.42 Å². The quantitative estimate of drug-likeness (QED) is 0.787. The normalized spacial score (nSPS) is 17.6. The molecule has 1 aliphatic rings. The lowest BCUT2D eigenvalue weighted by atomic mass is 10.0. The molecule has 3 rings (SSSR count). The van der Waals surface area contributed by atoms with Gasteiger partial charge in [-0.25, -0.2) is 0 Å². The molecule has 1 nitrogen and oxygen atoms in total. The Morgan fingerprint density at radius 1 is 1.06 bits per heavy atom. The molecule has 0 bridgehead atoms. The van der Waals surface area contributed by atoms with E-state index in [0.29, 0.717) is 0 Å². The van der Waals surface area contributed by atoms with Gasteiger partial charge in [-0.1, -0.05) is 41.4 Å². The van der Waals surface area contributed by atoms with E-state index < -0.39 is 0 Å². The first kappa shape index (κ1) is 10.9. The second-order valence-electron chi connectivity index (χ2n) is 4.22. The summed E-state index contributed by atoms with van der Waals surface area (Å²) in [7, 11) is 0. The largest absolute Gasteiger partial charge is 0.378 e. The van der Waals surface area contributed by atoms with E-state index in [0.717, 1.165) is 22.0 Å². The van der Waals surface area contributed by atoms with E-state index in [1.165, 1.54) is 11.3 Å². The summed E-state index contributed by atoms with van der Waals surface area (Å²) in [6, 6.07) is 14.1. The molecule has 1 atom stereocenters. The molecule has 86 valence electrons. The summed E-state index contributed by atoms with van der Waals surface area (Å²) < 4.78 is 0. The Morgan fingerprint density at radius 2 is 1.88 bits per heavy atom. The van der Waals surface area contributed by atoms with E-state index >= 15 is 0 Å². The van der Waals surface area contributed by atoms with E-state index in [9.17, 15) is 0 Å². The van der Waals surface area contributed by atoms with Gasteiger partial charge in [0.2, 0.25) is 0 Å². The van der Waals surface area contributed by atoms with Crippen molar-refractivity contribution in [2.24, 2.45) is 0 Å². The monoisotopic (exact) mass is 263 g/mol. The van der Waals surface area contributed by atoms with Crippen LogP contribution in [0.4, 0.5) is 5.69 Å². The van der Waals surface area contributed by atoms with Crippen LogP contribution in [0.5, 0.6) is 0 Å². The van der Waals surface area contributed by atoms with Crippen LogP contribution >= 0.6 is 23.2 Å². The van der Waals surface area contributed by atoms with Crippen LogP contribution < -0.4 is 5.32 Å². The zero-order valence-electron chi connectivity index (χ0n) is 9.08. The Labute approximate surface area is 110 Å². The third kappa shape index (κ3) is 2.01. The minimum absolute atomic E-state index is 0.221. The maximum Gasteiger partial charge on any atom is 0.0570 e. The van der Waals surface area contributed by atoms with Gasteiger partial charge in [-0.2, -0.15) is 0 Å². The Hall–Kier alpha value is -1.18. The molecule has 0 spiro atoms. The molecule has 17 heavy (non-hydrogen) atoms. The van der Waals surface area contributed by atoms with Gasteiger partial charge in [0, 0.05) is 15.7 Å². The van der Waals surface area contributed by atoms with Crippen LogP contribution in [0, 0.1) is 0 Å². The molecule has 1 aliphatic heterocycles. The van der Waals surface area contributed by atoms with Gasteiger partial charge in [0.1, 0.15) is 0 Å². The molecule has 1 heterocycles. The van der Waals surface area contributed by atoms with Crippen molar-refractivity contribution in [1.29, 1.82) is 0 Å². The maximum atomic E-state index is 6.22. The average Bonchev–Trinajstić information content (AvgIpc) is 2.75. The Bertz CT molecular complexity index is 541. The predicted molar refractivity (Wildman–Crippen MR) is 73.0 cm³/mol. The Balaban J connectivity index is 1.96. The summed E-state index contributed by atoms with van der Waals surface area (Å²) in [6.45, 7) is 0. The van der Waals surface area contributed by atoms with Gasteiger partial charge in [0.25, 0.3) is 0 Å². The lowest BCUT2D eigenvalue weighted by Gasteiger charge is -2.13. The maximum absolute atomic E-state index is 6.22. The van der Waals surface area contributed by atoms with Crippen LogP contribution in [-0.4, -0.2) is 0 Å². The van der Waals surface area contributed by atoms with Crippen molar-refractivity contribution in [2.75, 3.05) is 5.32 Å². The first-order valence-electron chi connectivity index (χ1n) is 5.53. The highest BCUT2D eigenvalue weighted by Gasteiger charge is 2.23. The second-order valence-corrected chi connectivity index (χ2v) is 5.07. The van der Waals surface area contributed by atoms with Crippen LogP contribution in [0.2, 0.25) is 10.0 Å². The van der Waals surface area contributed by atoms with Gasteiger partial charge in [0.05, 0.1) is 6.04 Å². The second kappa shape index (κ2) is 4.25. The summed E-state index contributed by atoms with van der Waals surface area (Å²) in [5, 5.41) is 4.96. The lowest BCUT2D eigenvalue weighted by Crippen LogP contribution is -2.06. The number of anilines is 1. The average molecular weight is 264 g/mol. The molecular weight excluding hydrogens is 253 g/mol. The third-order valence-corrected chi connectivity index (χ3v) is 3.68. The number of para-hydroxylation sites is 1. The fourth-order valence-electron chi connectivity index (χ4n) is 2.27. The molecule has 2 aromatic carbocycles. The molecule has 0 saturated carbocycles. The number of fused-ring (bicyclic) bond motifs is 1. The number of nitrogens with one attached hydrogen (secondary N) is 1. The van der Waals surface area contributed by atoms with Crippen molar-refractivity contribution in [2.45, 2.75) is 12.5 Å². The minimum atomic E-state index is 0.221. The van der Waals surface area contributed by atoms with Gasteiger partial charge >= 0.3 is 0 Å². The number of halogens is 2. The highest BCUT2D eigenvalue weighted by molar-refractivity contribution is 6.33. The van der Waals surface area contributed by atoms with Crippen molar-refractivity contribution < 1.29 is 0 Å². The Morgan fingerprint density at radius 3 is 2.71 bits per heavy atom. The minimum Gasteiger partial charge on any atom is -0.378 e. The molecule has 0 radical (unpaired) electrons. The molecule has 3 heteroatoms. The highest BCUT2D eigenvalue weighted by Crippen LogP contribution is 2.37. The lowest BCUT2D eigenvalue weighted by molar-refractivity contribution is 0.824. The number of rotatable bonds is 1. The van der Waals surface area contributed by atoms with E-state index in [2.05, 4.69) is 23.5 Å². The number of hydrogen-bond donors (Lipinski definition) is 1. The Kier molecular flexibility index (Phi) is 2.73. The van der Waals surface area contributed by atoms with Gasteiger partial charge in [0.15, 0.2) is 0 Å². The van der Waals surface area contributed by atoms with E-state index in [-0.39, 0.29) is 6.04 Å². The van der Waals surface area contributed by atoms with E-state index in [4.69, 9.17) is 23.2 Å². The third-order valence-electron chi connectivity index (χ3n) is 3.10. The zero-order chi connectivity index (χ0) is 11.8. The van der Waals surface area contributed by atoms with Crippen molar-refractivity contribution in [3.63, 3.8) is 0 Å². The SMILES string of the molecule is Clc1ccc(Cl)c(C2Cc3ccccc3N2)c1. The topological polar surface area (TPSA) is 12.0 Å². The van der Waals surface area contributed by atoms with Gasteiger partial charge in [-0.15, -0.1) is 0 Å². The van der Waals surface area contributed by atoms with Crippen LogP contribution in [0.3, 0.4) is 0 Å². The summed E-state index contributed by atoms with van der Waals surface area (Å²) in [4.78, 5) is 0. The zero-order valence-corrected chi connectivity index (χ0v) is 10.6. The fraction of sp³-hybridized carbons (Fsp3) is 0.143. The molecule has 1 unspecified atom stereocenters. The summed E-state index contributed by atoms with van der Waals surface area (Å²) >= 11 is 12.2. The molecule has 0 fully saturated rings. The molecule has 0 aromatic heterocycles. The van der Waals surface area contributed by atoms with Gasteiger partial charge < -0.3 is 5.32 Å². The standard InChI is InChI=1S/C14H11Cl2N/c15-10-5-6-12(16)11(8-10)14-7-9-3-1-2-4-13(9)17-14/h1-6,8,14,17H,7H2. The highest BCUT2D eigenvalue weighted by atomic mass is 35.5. The molecule has 0 aliphatic carbocycles. The van der Waals surface area contributed by atoms with Gasteiger partial charge in [-0.05, 0) is 41.8 Å². The van der Waals surface area contributed by atoms with Crippen molar-refractivity contribution in [3.05, 3.63) is 63.6 Å². The summed E-state index contributed by atoms with van der Waals surface area (Å²) in [5.74, 6) is 0. The molecule has 2 aromatic rings. The first-order valence-corrected chi connectivity index (χ1v) is 6.29. The fourth-order valence-corrected chi connectivity index (χ4v) is 2.70. The molecular formula is C14H11Cl2N. The first-order chi connectivity index (χ1) is 8.24. The van der Waals surface area contributed by atoms with Crippen molar-refractivity contribution in [1.82, 2.24) is 0 Å². The molecule has 1 N–H and O–H groups in total.